The number of halogens is 3. The van der Waals surface area contributed by atoms with E-state index in [1.165, 1.54) is 20.8 Å². The van der Waals surface area contributed by atoms with E-state index in [2.05, 4.69) is 4.18 Å². The van der Waals surface area contributed by atoms with Crippen LogP contribution in [0, 0.1) is 0 Å². The molecule has 0 unspecified atom stereocenters. The Balaban J connectivity index is 4.57. The first-order valence-electron chi connectivity index (χ1n) is 6.09. The average Bonchev–Trinajstić information content (AvgIpc) is 2.16. The van der Waals surface area contributed by atoms with Crippen molar-refractivity contribution in [1.29, 1.82) is 0 Å². The number of nitrogens with zero attached hydrogens (tertiary/aromatic N) is 1. The lowest BCUT2D eigenvalue weighted by Gasteiger charge is -2.28. The Morgan fingerprint density at radius 3 is 2.10 bits per heavy atom. The molecule has 0 radical (unpaired) electrons. The zero-order valence-electron chi connectivity index (χ0n) is 12.4. The number of amides is 1. The molecule has 0 saturated heterocycles. The molecule has 0 aromatic rings. The van der Waals surface area contributed by atoms with Crippen molar-refractivity contribution in [2.24, 2.45) is 0 Å². The molecule has 126 valence electrons. The quantitative estimate of drug-likeness (QED) is 0.549. The van der Waals surface area contributed by atoms with Crippen molar-refractivity contribution in [3.63, 3.8) is 0 Å². The summed E-state index contributed by atoms with van der Waals surface area (Å²) in [5.41, 5.74) is -0.926. The fourth-order valence-corrected chi connectivity index (χ4v) is 1.66. The molecule has 0 heterocycles. The van der Waals surface area contributed by atoms with Gasteiger partial charge >= 0.3 is 12.3 Å². The van der Waals surface area contributed by atoms with E-state index in [9.17, 15) is 26.4 Å². The molecule has 0 N–H and O–H groups in total. The molecule has 6 nitrogen and oxygen atoms in total. The summed E-state index contributed by atoms with van der Waals surface area (Å²) in [6.07, 6.45) is -4.93. The summed E-state index contributed by atoms with van der Waals surface area (Å²) in [5, 5.41) is 0. The van der Waals surface area contributed by atoms with Crippen LogP contribution >= 0.6 is 0 Å². The zero-order valence-corrected chi connectivity index (χ0v) is 13.2. The maximum Gasteiger partial charge on any atom is 0.410 e. The summed E-state index contributed by atoms with van der Waals surface area (Å²) < 4.78 is 68.0. The largest absolute Gasteiger partial charge is 0.444 e. The lowest BCUT2D eigenvalue weighted by atomic mass is 10.2. The summed E-state index contributed by atoms with van der Waals surface area (Å²) in [4.78, 5) is 12.1. The summed E-state index contributed by atoms with van der Waals surface area (Å²) >= 11 is 0. The monoisotopic (exact) mass is 335 g/mol. The molecule has 1 amide bonds. The Morgan fingerprint density at radius 2 is 1.71 bits per heavy atom. The Kier molecular flexibility index (Phi) is 6.94. The predicted molar refractivity (Wildman–Crippen MR) is 69.3 cm³/mol. The van der Waals surface area contributed by atoms with Crippen molar-refractivity contribution >= 4 is 16.2 Å². The van der Waals surface area contributed by atoms with Gasteiger partial charge in [-0.25, -0.2) is 4.79 Å². The molecule has 0 aliphatic heterocycles. The Hall–Kier alpha value is -1.03. The van der Waals surface area contributed by atoms with Crippen LogP contribution in [0.25, 0.3) is 0 Å². The molecule has 0 fully saturated rings. The third-order valence-corrected chi connectivity index (χ3v) is 2.49. The van der Waals surface area contributed by atoms with E-state index < -0.39 is 34.5 Å². The van der Waals surface area contributed by atoms with Gasteiger partial charge in [-0.1, -0.05) is 0 Å². The van der Waals surface area contributed by atoms with E-state index in [0.29, 0.717) is 4.90 Å². The van der Waals surface area contributed by atoms with Gasteiger partial charge in [0, 0.05) is 6.54 Å². The van der Waals surface area contributed by atoms with E-state index in [1.54, 1.807) is 0 Å². The van der Waals surface area contributed by atoms with Crippen LogP contribution in [0.15, 0.2) is 0 Å². The summed E-state index contributed by atoms with van der Waals surface area (Å²) in [6.45, 7) is 2.48. The first-order valence-corrected chi connectivity index (χ1v) is 7.90. The van der Waals surface area contributed by atoms with E-state index in [1.807, 2.05) is 0 Å². The van der Waals surface area contributed by atoms with Gasteiger partial charge in [-0.05, 0) is 27.2 Å². The minimum absolute atomic E-state index is 0.0671. The molecule has 0 rings (SSSR count). The van der Waals surface area contributed by atoms with Crippen molar-refractivity contribution in [2.45, 2.75) is 39.0 Å². The molecule has 0 aromatic carbocycles. The minimum Gasteiger partial charge on any atom is -0.444 e. The van der Waals surface area contributed by atoms with Crippen molar-refractivity contribution < 1.29 is 35.3 Å². The topological polar surface area (TPSA) is 72.9 Å². The molecule has 0 bridgehead atoms. The smallest absolute Gasteiger partial charge is 0.410 e. The Labute approximate surface area is 122 Å². The van der Waals surface area contributed by atoms with Crippen LogP contribution in [0.3, 0.4) is 0 Å². The van der Waals surface area contributed by atoms with Crippen molar-refractivity contribution in [3.8, 4) is 0 Å². The fraction of sp³-hybridized carbons (Fsp3) is 0.909. The molecular weight excluding hydrogens is 315 g/mol. The summed E-state index contributed by atoms with van der Waals surface area (Å²) in [5.74, 6) is 0. The van der Waals surface area contributed by atoms with Gasteiger partial charge in [-0.3, -0.25) is 9.08 Å². The van der Waals surface area contributed by atoms with Gasteiger partial charge in [0.2, 0.25) is 0 Å². The van der Waals surface area contributed by atoms with E-state index in [-0.39, 0.29) is 19.6 Å². The number of alkyl halides is 3. The minimum atomic E-state index is -4.57. The molecule has 0 aliphatic rings. The second kappa shape index (κ2) is 7.30. The molecule has 0 spiro atoms. The highest BCUT2D eigenvalue weighted by atomic mass is 32.2. The number of carbonyl (C=O) groups is 1. The molecule has 0 aliphatic carbocycles. The van der Waals surface area contributed by atoms with Crippen LogP contribution in [-0.2, 0) is 19.0 Å². The van der Waals surface area contributed by atoms with Crippen LogP contribution in [0.5, 0.6) is 0 Å². The normalized spacial score (nSPS) is 13.1. The van der Waals surface area contributed by atoms with Gasteiger partial charge in [0.1, 0.15) is 12.1 Å². The maximum absolute atomic E-state index is 12.4. The molecule has 10 heteroatoms. The predicted octanol–water partition coefficient (Wildman–Crippen LogP) is 2.15. The molecule has 0 atom stereocenters. The fourth-order valence-electron chi connectivity index (χ4n) is 1.24. The first kappa shape index (κ1) is 20.0. The molecule has 21 heavy (non-hydrogen) atoms. The lowest BCUT2D eigenvalue weighted by molar-refractivity contribution is -0.144. The maximum atomic E-state index is 12.4. The highest BCUT2D eigenvalue weighted by molar-refractivity contribution is 7.85. The molecular formula is C11H20F3NO5S. The Bertz CT molecular complexity index is 442. The average molecular weight is 335 g/mol. The first-order chi connectivity index (χ1) is 9.20. The van der Waals surface area contributed by atoms with Crippen molar-refractivity contribution in [1.82, 2.24) is 4.90 Å². The van der Waals surface area contributed by atoms with Crippen LogP contribution in [0.2, 0.25) is 0 Å². The summed E-state index contributed by atoms with van der Waals surface area (Å²) in [7, 11) is -3.66. The second-order valence-corrected chi connectivity index (χ2v) is 7.04. The van der Waals surface area contributed by atoms with Gasteiger partial charge in [-0.2, -0.15) is 21.6 Å². The standard InChI is InChI=1S/C11H20F3NO5S/c1-10(2,3)20-9(16)15(8-11(12,13)14)6-5-7-19-21(4,17)18/h5-8H2,1-4H3. The Morgan fingerprint density at radius 1 is 1.19 bits per heavy atom. The molecule has 0 saturated carbocycles. The van der Waals surface area contributed by atoms with Crippen LogP contribution in [0.1, 0.15) is 27.2 Å². The van der Waals surface area contributed by atoms with Gasteiger partial charge in [-0.15, -0.1) is 0 Å². The number of ether oxygens (including phenoxy) is 1. The third-order valence-electron chi connectivity index (χ3n) is 1.89. The van der Waals surface area contributed by atoms with Gasteiger partial charge in [0.25, 0.3) is 10.1 Å². The van der Waals surface area contributed by atoms with E-state index in [4.69, 9.17) is 4.74 Å². The van der Waals surface area contributed by atoms with Crippen molar-refractivity contribution in [2.75, 3.05) is 26.0 Å². The van der Waals surface area contributed by atoms with Gasteiger partial charge in [0.15, 0.2) is 0 Å². The van der Waals surface area contributed by atoms with E-state index in [0.717, 1.165) is 6.26 Å². The lowest BCUT2D eigenvalue weighted by Crippen LogP contribution is -2.42. The van der Waals surface area contributed by atoms with Crippen LogP contribution in [-0.4, -0.2) is 57.1 Å². The number of hydrogen-bond acceptors (Lipinski definition) is 5. The van der Waals surface area contributed by atoms with Gasteiger partial charge in [0.05, 0.1) is 12.9 Å². The summed E-state index contributed by atoms with van der Waals surface area (Å²) in [6, 6.07) is 0. The highest BCUT2D eigenvalue weighted by Gasteiger charge is 2.34. The third kappa shape index (κ3) is 12.4. The van der Waals surface area contributed by atoms with Crippen LogP contribution in [0.4, 0.5) is 18.0 Å². The number of carbonyl (C=O) groups excluding carboxylic acids is 1. The van der Waals surface area contributed by atoms with E-state index >= 15 is 0 Å². The number of hydrogen-bond donors (Lipinski definition) is 0. The highest BCUT2D eigenvalue weighted by Crippen LogP contribution is 2.19. The van der Waals surface area contributed by atoms with Crippen molar-refractivity contribution in [3.05, 3.63) is 0 Å². The molecule has 0 aromatic heterocycles. The van der Waals surface area contributed by atoms with Crippen LogP contribution < -0.4 is 0 Å². The second-order valence-electron chi connectivity index (χ2n) is 5.40. The van der Waals surface area contributed by atoms with Gasteiger partial charge < -0.3 is 4.74 Å². The zero-order chi connectivity index (χ0) is 16.9. The number of rotatable bonds is 6. The SMILES string of the molecule is CC(C)(C)OC(=O)N(CCCOS(C)(=O)=O)CC(F)(F)F.